The van der Waals surface area contributed by atoms with E-state index in [1.54, 1.807) is 63.0 Å². The van der Waals surface area contributed by atoms with Crippen LogP contribution in [-0.2, 0) is 28.9 Å². The third kappa shape index (κ3) is 6.73. The molecule has 0 bridgehead atoms. The summed E-state index contributed by atoms with van der Waals surface area (Å²) in [6.45, 7) is 9.14. The summed E-state index contributed by atoms with van der Waals surface area (Å²) in [5.41, 5.74) is 0.972. The van der Waals surface area contributed by atoms with Crippen LogP contribution in [-0.4, -0.2) is 54.0 Å². The Kier molecular flexibility index (Phi) is 9.52. The molecular formula is C29H39N5O7S. The van der Waals surface area contributed by atoms with E-state index in [2.05, 4.69) is 9.71 Å². The highest BCUT2D eigenvalue weighted by Crippen LogP contribution is 2.38. The predicted molar refractivity (Wildman–Crippen MR) is 161 cm³/mol. The maximum Gasteiger partial charge on any atom is 0.328 e. The number of hydrogen-bond donors (Lipinski definition) is 1. The standard InChI is InChI=1S/C29H39N5O7S/c1-8-10-39-21-13-22(40-12-9-11-38-7)15-23(14-21)41-27-17-26-25(32(5)29(35)33(26)6)16-24(27)31-42(36,37)28-18-34(19(2)3)20(4)30-28/h13-19,31H,8-12H2,1-7H3. The van der Waals surface area contributed by atoms with Gasteiger partial charge in [-0.05, 0) is 33.3 Å². The Bertz CT molecular complexity index is 1720. The molecule has 0 aliphatic heterocycles. The van der Waals surface area contributed by atoms with Crippen LogP contribution in [0.3, 0.4) is 0 Å². The van der Waals surface area contributed by atoms with Crippen LogP contribution in [0.5, 0.6) is 23.0 Å². The summed E-state index contributed by atoms with van der Waals surface area (Å²) in [7, 11) is 0.789. The predicted octanol–water partition coefficient (Wildman–Crippen LogP) is 4.76. The molecular weight excluding hydrogens is 562 g/mol. The van der Waals surface area contributed by atoms with E-state index in [1.807, 2.05) is 20.8 Å². The highest BCUT2D eigenvalue weighted by molar-refractivity contribution is 7.92. The zero-order valence-electron chi connectivity index (χ0n) is 25.1. The number of ether oxygens (including phenoxy) is 4. The Morgan fingerprint density at radius 3 is 2.14 bits per heavy atom. The third-order valence-corrected chi connectivity index (χ3v) is 7.90. The van der Waals surface area contributed by atoms with Gasteiger partial charge in [0.1, 0.15) is 23.1 Å². The molecule has 13 heteroatoms. The van der Waals surface area contributed by atoms with Crippen LogP contribution in [0.4, 0.5) is 5.69 Å². The van der Waals surface area contributed by atoms with E-state index >= 15 is 0 Å². The highest BCUT2D eigenvalue weighted by atomic mass is 32.2. The lowest BCUT2D eigenvalue weighted by Crippen LogP contribution is -2.19. The summed E-state index contributed by atoms with van der Waals surface area (Å²) < 4.78 is 57.5. The van der Waals surface area contributed by atoms with Gasteiger partial charge in [-0.2, -0.15) is 8.42 Å². The summed E-state index contributed by atoms with van der Waals surface area (Å²) in [6, 6.07) is 8.42. The SMILES string of the molecule is CCCOc1cc(OCCCOC)cc(Oc2cc3c(cc2NS(=O)(=O)c2cn(C(C)C)c(C)n2)n(C)c(=O)n3C)c1. The number of aryl methyl sites for hydroxylation is 3. The molecule has 0 spiro atoms. The fourth-order valence-electron chi connectivity index (χ4n) is 4.51. The molecule has 0 aliphatic rings. The lowest BCUT2D eigenvalue weighted by Gasteiger charge is -2.16. The summed E-state index contributed by atoms with van der Waals surface area (Å²) >= 11 is 0. The summed E-state index contributed by atoms with van der Waals surface area (Å²) in [6.07, 6.45) is 3.01. The Morgan fingerprint density at radius 2 is 1.55 bits per heavy atom. The van der Waals surface area contributed by atoms with Gasteiger partial charge in [-0.15, -0.1) is 0 Å². The normalized spacial score (nSPS) is 11.8. The highest BCUT2D eigenvalue weighted by Gasteiger charge is 2.24. The van der Waals surface area contributed by atoms with E-state index in [0.29, 0.717) is 60.3 Å². The number of benzene rings is 2. The van der Waals surface area contributed by atoms with Gasteiger partial charge in [0.2, 0.25) is 0 Å². The maximum absolute atomic E-state index is 13.5. The van der Waals surface area contributed by atoms with Crippen molar-refractivity contribution in [1.82, 2.24) is 18.7 Å². The first-order chi connectivity index (χ1) is 19.9. The average Bonchev–Trinajstić information content (AvgIpc) is 3.44. The van der Waals surface area contributed by atoms with E-state index in [4.69, 9.17) is 18.9 Å². The van der Waals surface area contributed by atoms with Gasteiger partial charge < -0.3 is 23.5 Å². The Hall–Kier alpha value is -3.97. The Labute approximate surface area is 245 Å². The summed E-state index contributed by atoms with van der Waals surface area (Å²) in [5, 5.41) is -0.122. The number of aromatic nitrogens is 4. The third-order valence-electron chi connectivity index (χ3n) is 6.66. The van der Waals surface area contributed by atoms with Crippen LogP contribution in [0.25, 0.3) is 11.0 Å². The molecule has 1 N–H and O–H groups in total. The van der Waals surface area contributed by atoms with Gasteiger partial charge in [0, 0.05) is 70.7 Å². The number of anilines is 1. The van der Waals surface area contributed by atoms with Crippen molar-refractivity contribution < 1.29 is 27.4 Å². The second-order valence-electron chi connectivity index (χ2n) is 10.3. The minimum Gasteiger partial charge on any atom is -0.493 e. The molecule has 4 rings (SSSR count). The first-order valence-electron chi connectivity index (χ1n) is 13.8. The van der Waals surface area contributed by atoms with Crippen LogP contribution >= 0.6 is 0 Å². The first kappa shape index (κ1) is 31.0. The molecule has 0 amide bonds. The smallest absolute Gasteiger partial charge is 0.328 e. The van der Waals surface area contributed by atoms with Crippen molar-refractivity contribution in [3.05, 3.63) is 52.8 Å². The number of fused-ring (bicyclic) bond motifs is 1. The van der Waals surface area contributed by atoms with Crippen LogP contribution in [0.1, 0.15) is 45.5 Å². The van der Waals surface area contributed by atoms with Crippen molar-refractivity contribution in [2.24, 2.45) is 14.1 Å². The number of rotatable bonds is 14. The van der Waals surface area contributed by atoms with Crippen LogP contribution in [0.2, 0.25) is 0 Å². The molecule has 2 aromatic carbocycles. The molecule has 228 valence electrons. The minimum atomic E-state index is -4.11. The fourth-order valence-corrected chi connectivity index (χ4v) is 5.57. The van der Waals surface area contributed by atoms with Crippen LogP contribution < -0.4 is 24.6 Å². The van der Waals surface area contributed by atoms with E-state index in [-0.39, 0.29) is 28.2 Å². The van der Waals surface area contributed by atoms with Crippen molar-refractivity contribution in [3.63, 3.8) is 0 Å². The molecule has 0 fully saturated rings. The molecule has 0 saturated carbocycles. The first-order valence-corrected chi connectivity index (χ1v) is 15.3. The molecule has 0 radical (unpaired) electrons. The number of nitrogens with one attached hydrogen (secondary N) is 1. The lowest BCUT2D eigenvalue weighted by molar-refractivity contribution is 0.172. The zero-order chi connectivity index (χ0) is 30.6. The zero-order valence-corrected chi connectivity index (χ0v) is 25.9. The second kappa shape index (κ2) is 12.9. The topological polar surface area (TPSA) is 128 Å². The van der Waals surface area contributed by atoms with Gasteiger partial charge in [-0.1, -0.05) is 6.92 Å². The van der Waals surface area contributed by atoms with E-state index in [0.717, 1.165) is 6.42 Å². The number of imidazole rings is 2. The Morgan fingerprint density at radius 1 is 0.929 bits per heavy atom. The van der Waals surface area contributed by atoms with Crippen molar-refractivity contribution in [2.45, 2.75) is 51.6 Å². The van der Waals surface area contributed by atoms with Gasteiger partial charge in [0.15, 0.2) is 10.8 Å². The quantitative estimate of drug-likeness (QED) is 0.205. The average molecular weight is 602 g/mol. The number of methoxy groups -OCH3 is 1. The molecule has 0 saturated heterocycles. The number of nitrogens with zero attached hydrogens (tertiary/aromatic N) is 4. The second-order valence-corrected chi connectivity index (χ2v) is 11.9. The van der Waals surface area contributed by atoms with E-state index in [9.17, 15) is 13.2 Å². The van der Waals surface area contributed by atoms with Gasteiger partial charge in [0.05, 0.1) is 29.9 Å². The van der Waals surface area contributed by atoms with Gasteiger partial charge in [0.25, 0.3) is 10.0 Å². The van der Waals surface area contributed by atoms with Crippen molar-refractivity contribution in [3.8, 4) is 23.0 Å². The van der Waals surface area contributed by atoms with E-state index in [1.165, 1.54) is 15.3 Å². The van der Waals surface area contributed by atoms with Gasteiger partial charge in [-0.3, -0.25) is 13.9 Å². The largest absolute Gasteiger partial charge is 0.493 e. The summed E-state index contributed by atoms with van der Waals surface area (Å²) in [4.78, 5) is 17.0. The monoisotopic (exact) mass is 601 g/mol. The molecule has 0 aliphatic carbocycles. The van der Waals surface area contributed by atoms with Crippen molar-refractivity contribution >= 4 is 26.7 Å². The summed E-state index contributed by atoms with van der Waals surface area (Å²) in [5.74, 6) is 2.20. The molecule has 4 aromatic rings. The number of hydrogen-bond acceptors (Lipinski definition) is 8. The maximum atomic E-state index is 13.5. The molecule has 0 atom stereocenters. The molecule has 2 heterocycles. The molecule has 2 aromatic heterocycles. The van der Waals surface area contributed by atoms with Crippen LogP contribution in [0, 0.1) is 6.92 Å². The molecule has 12 nitrogen and oxygen atoms in total. The molecule has 0 unspecified atom stereocenters. The van der Waals surface area contributed by atoms with E-state index < -0.39 is 10.0 Å². The van der Waals surface area contributed by atoms with Gasteiger partial charge >= 0.3 is 5.69 Å². The van der Waals surface area contributed by atoms with Crippen molar-refractivity contribution in [2.75, 3.05) is 31.7 Å². The molecule has 42 heavy (non-hydrogen) atoms. The number of sulfonamides is 1. The lowest BCUT2D eigenvalue weighted by atomic mass is 10.2. The van der Waals surface area contributed by atoms with Crippen LogP contribution in [0.15, 0.2) is 46.3 Å². The van der Waals surface area contributed by atoms with Gasteiger partial charge in [-0.25, -0.2) is 9.78 Å². The minimum absolute atomic E-state index is 0.0312. The fraction of sp³-hybridized carbons (Fsp3) is 0.448. The van der Waals surface area contributed by atoms with Crippen molar-refractivity contribution in [1.29, 1.82) is 0 Å². The Balaban J connectivity index is 1.78.